The molecule has 0 radical (unpaired) electrons. The van der Waals surface area contributed by atoms with Crippen LogP contribution >= 0.6 is 24.0 Å². The lowest BCUT2D eigenvalue weighted by atomic mass is 10.2. The van der Waals surface area contributed by atoms with Gasteiger partial charge in [0.1, 0.15) is 4.32 Å². The largest absolute Gasteiger partial charge is 0.481 e. The van der Waals surface area contributed by atoms with Crippen molar-refractivity contribution in [1.82, 2.24) is 9.47 Å². The number of thiocarbonyl (C=S) groups is 1. The third-order valence-corrected chi connectivity index (χ3v) is 5.35. The minimum Gasteiger partial charge on any atom is -0.481 e. The molecule has 0 saturated carbocycles. The molecule has 7 heteroatoms. The summed E-state index contributed by atoms with van der Waals surface area (Å²) in [5, 5.41) is 8.71. The van der Waals surface area contributed by atoms with Gasteiger partial charge in [0.25, 0.3) is 5.91 Å². The number of thioether (sulfide) groups is 1. The molecule has 0 aliphatic carbocycles. The molecule has 1 aliphatic heterocycles. The predicted octanol–water partition coefficient (Wildman–Crippen LogP) is 3.75. The number of amides is 1. The molecule has 1 amide bonds. The summed E-state index contributed by atoms with van der Waals surface area (Å²) in [6, 6.07) is 2.43. The summed E-state index contributed by atoms with van der Waals surface area (Å²) < 4.78 is 2.73. The van der Waals surface area contributed by atoms with E-state index < -0.39 is 5.97 Å². The van der Waals surface area contributed by atoms with Crippen LogP contribution in [0.4, 0.5) is 0 Å². The van der Waals surface area contributed by atoms with Gasteiger partial charge in [0.15, 0.2) is 0 Å². The van der Waals surface area contributed by atoms with Crippen molar-refractivity contribution in [3.05, 3.63) is 27.9 Å². The van der Waals surface area contributed by atoms with E-state index in [4.69, 9.17) is 17.3 Å². The van der Waals surface area contributed by atoms with Gasteiger partial charge in [-0.05, 0) is 51.8 Å². The number of aliphatic carboxylic acids is 1. The predicted molar refractivity (Wildman–Crippen MR) is 101 cm³/mol. The van der Waals surface area contributed by atoms with E-state index in [-0.39, 0.29) is 12.3 Å². The van der Waals surface area contributed by atoms with Crippen molar-refractivity contribution < 1.29 is 14.7 Å². The number of carboxylic acid groups (broad SMARTS) is 1. The smallest absolute Gasteiger partial charge is 0.303 e. The Morgan fingerprint density at radius 1 is 1.42 bits per heavy atom. The van der Waals surface area contributed by atoms with E-state index in [2.05, 4.69) is 31.4 Å². The highest BCUT2D eigenvalue weighted by atomic mass is 32.2. The van der Waals surface area contributed by atoms with Crippen LogP contribution in [0.1, 0.15) is 49.7 Å². The van der Waals surface area contributed by atoms with Gasteiger partial charge >= 0.3 is 5.97 Å². The van der Waals surface area contributed by atoms with Crippen LogP contribution in [0.3, 0.4) is 0 Å². The lowest BCUT2D eigenvalue weighted by Crippen LogP contribution is -2.29. The molecule has 2 rings (SSSR count). The van der Waals surface area contributed by atoms with Crippen molar-refractivity contribution >= 4 is 46.3 Å². The number of aryl methyl sites for hydroxylation is 1. The summed E-state index contributed by atoms with van der Waals surface area (Å²) in [5.41, 5.74) is 3.30. The van der Waals surface area contributed by atoms with Crippen LogP contribution in [-0.2, 0) is 9.59 Å². The van der Waals surface area contributed by atoms with E-state index in [1.54, 1.807) is 0 Å². The first-order chi connectivity index (χ1) is 11.2. The number of carbonyl (C=O) groups is 2. The van der Waals surface area contributed by atoms with Gasteiger partial charge < -0.3 is 9.67 Å². The normalized spacial score (nSPS) is 16.7. The highest BCUT2D eigenvalue weighted by molar-refractivity contribution is 8.26. The van der Waals surface area contributed by atoms with Crippen LogP contribution < -0.4 is 0 Å². The molecule has 1 aliphatic rings. The van der Waals surface area contributed by atoms with Crippen molar-refractivity contribution in [3.8, 4) is 0 Å². The molecule has 1 N–H and O–H groups in total. The molecule has 1 fully saturated rings. The lowest BCUT2D eigenvalue weighted by Gasteiger charge is -2.13. The number of rotatable bonds is 6. The van der Waals surface area contributed by atoms with Crippen molar-refractivity contribution in [2.75, 3.05) is 6.54 Å². The molecule has 0 spiro atoms. The summed E-state index contributed by atoms with van der Waals surface area (Å²) in [6.07, 6.45) is 2.32. The first-order valence-electron chi connectivity index (χ1n) is 7.88. The second-order valence-electron chi connectivity index (χ2n) is 6.12. The number of aromatic nitrogens is 1. The third kappa shape index (κ3) is 3.89. The molecular weight excluding hydrogens is 344 g/mol. The van der Waals surface area contributed by atoms with Crippen molar-refractivity contribution in [2.24, 2.45) is 0 Å². The van der Waals surface area contributed by atoms with Gasteiger partial charge in [0.05, 0.1) is 4.91 Å². The molecule has 1 aromatic rings. The van der Waals surface area contributed by atoms with Crippen LogP contribution in [0, 0.1) is 13.8 Å². The van der Waals surface area contributed by atoms with E-state index in [0.717, 1.165) is 17.0 Å². The molecule has 0 unspecified atom stereocenters. The van der Waals surface area contributed by atoms with E-state index >= 15 is 0 Å². The maximum Gasteiger partial charge on any atom is 0.303 e. The van der Waals surface area contributed by atoms with E-state index in [9.17, 15) is 9.59 Å². The van der Waals surface area contributed by atoms with Crippen LogP contribution in [-0.4, -0.2) is 37.3 Å². The Bertz CT molecular complexity index is 720. The Kier molecular flexibility index (Phi) is 5.87. The fraction of sp³-hybridized carbons (Fsp3) is 0.471. The zero-order valence-electron chi connectivity index (χ0n) is 14.3. The molecular formula is C17H22N2O3S2. The van der Waals surface area contributed by atoms with E-state index in [1.165, 1.54) is 16.7 Å². The van der Waals surface area contributed by atoms with Gasteiger partial charge in [-0.15, -0.1) is 0 Å². The van der Waals surface area contributed by atoms with Crippen LogP contribution in [0.15, 0.2) is 11.0 Å². The van der Waals surface area contributed by atoms with Crippen molar-refractivity contribution in [2.45, 2.75) is 46.6 Å². The third-order valence-electron chi connectivity index (χ3n) is 3.97. The van der Waals surface area contributed by atoms with Crippen LogP contribution in [0.5, 0.6) is 0 Å². The summed E-state index contributed by atoms with van der Waals surface area (Å²) >= 11 is 6.55. The quantitative estimate of drug-likeness (QED) is 0.614. The van der Waals surface area contributed by atoms with Gasteiger partial charge in [-0.1, -0.05) is 24.0 Å². The second kappa shape index (κ2) is 7.53. The van der Waals surface area contributed by atoms with Gasteiger partial charge in [-0.25, -0.2) is 0 Å². The fourth-order valence-corrected chi connectivity index (χ4v) is 4.27. The van der Waals surface area contributed by atoms with Crippen molar-refractivity contribution in [3.63, 3.8) is 0 Å². The molecule has 0 bridgehead atoms. The van der Waals surface area contributed by atoms with E-state index in [0.29, 0.717) is 28.2 Å². The minimum absolute atomic E-state index is 0.0334. The zero-order valence-corrected chi connectivity index (χ0v) is 16.0. The van der Waals surface area contributed by atoms with Crippen molar-refractivity contribution in [1.29, 1.82) is 0 Å². The maximum absolute atomic E-state index is 12.5. The summed E-state index contributed by atoms with van der Waals surface area (Å²) in [5.74, 6) is -0.998. The summed E-state index contributed by atoms with van der Waals surface area (Å²) in [6.45, 7) is 8.71. The molecule has 0 aromatic carbocycles. The molecule has 130 valence electrons. The van der Waals surface area contributed by atoms with Gasteiger partial charge in [-0.3, -0.25) is 14.5 Å². The van der Waals surface area contributed by atoms with Gasteiger partial charge in [0, 0.05) is 30.4 Å². The average Bonchev–Trinajstić information content (AvgIpc) is 2.89. The second-order valence-corrected chi connectivity index (χ2v) is 7.80. The molecule has 1 aromatic heterocycles. The first kappa shape index (κ1) is 18.7. The number of nitrogens with zero attached hydrogens (tertiary/aromatic N) is 2. The monoisotopic (exact) mass is 366 g/mol. The molecule has 5 nitrogen and oxygen atoms in total. The Morgan fingerprint density at radius 2 is 2.08 bits per heavy atom. The van der Waals surface area contributed by atoms with Crippen LogP contribution in [0.25, 0.3) is 6.08 Å². The number of carboxylic acids is 1. The van der Waals surface area contributed by atoms with Gasteiger partial charge in [0.2, 0.25) is 0 Å². The number of carbonyl (C=O) groups excluding carboxylic acids is 1. The summed E-state index contributed by atoms with van der Waals surface area (Å²) in [7, 11) is 0. The molecule has 2 heterocycles. The highest BCUT2D eigenvalue weighted by Crippen LogP contribution is 2.34. The topological polar surface area (TPSA) is 62.5 Å². The molecule has 1 saturated heterocycles. The standard InChI is InChI=1S/C17H22N2O3S2/c1-10(2)19-11(3)8-13(12(19)4)9-14-16(22)18(17(23)24-14)7-5-6-15(20)21/h8-10H,5-7H2,1-4H3,(H,20,21)/b14-9-. The number of hydrogen-bond donors (Lipinski definition) is 1. The Hall–Kier alpha value is -1.60. The van der Waals surface area contributed by atoms with E-state index in [1.807, 2.05) is 13.0 Å². The zero-order chi connectivity index (χ0) is 18.0. The minimum atomic E-state index is -0.864. The highest BCUT2D eigenvalue weighted by Gasteiger charge is 2.32. The Labute approximate surface area is 151 Å². The fourth-order valence-electron chi connectivity index (χ4n) is 2.97. The first-order valence-corrected chi connectivity index (χ1v) is 9.10. The van der Waals surface area contributed by atoms with Crippen LogP contribution in [0.2, 0.25) is 0 Å². The maximum atomic E-state index is 12.5. The average molecular weight is 367 g/mol. The number of hydrogen-bond acceptors (Lipinski definition) is 4. The Morgan fingerprint density at radius 3 is 2.62 bits per heavy atom. The van der Waals surface area contributed by atoms with Gasteiger partial charge in [-0.2, -0.15) is 0 Å². The Balaban J connectivity index is 2.20. The summed E-state index contributed by atoms with van der Waals surface area (Å²) in [4.78, 5) is 25.2. The molecule has 24 heavy (non-hydrogen) atoms. The molecule has 0 atom stereocenters. The lowest BCUT2D eigenvalue weighted by molar-refractivity contribution is -0.137. The SMILES string of the molecule is Cc1cc(/C=C2\SC(=S)N(CCCC(=O)O)C2=O)c(C)n1C(C)C.